The molecule has 0 spiro atoms. The molecule has 30 heteroatoms. The zero-order valence-corrected chi connectivity index (χ0v) is 42.9. The highest BCUT2D eigenvalue weighted by Gasteiger charge is 2.37. The summed E-state index contributed by atoms with van der Waals surface area (Å²) in [5, 5.41) is 56.7. The number of carbonyl (C=O) groups excluding carboxylic acids is 10. The van der Waals surface area contributed by atoms with Gasteiger partial charge in [-0.1, -0.05) is 40.5 Å². The third-order valence-corrected chi connectivity index (χ3v) is 11.5. The van der Waals surface area contributed by atoms with Crippen molar-refractivity contribution in [3.63, 3.8) is 0 Å². The van der Waals surface area contributed by atoms with Crippen molar-refractivity contribution in [1.29, 1.82) is 0 Å². The molecule has 0 rings (SSSR count). The molecule has 0 aliphatic heterocycles. The fourth-order valence-corrected chi connectivity index (χ4v) is 7.04. The second-order valence-corrected chi connectivity index (χ2v) is 18.3. The first-order valence-electron chi connectivity index (χ1n) is 24.5. The first kappa shape index (κ1) is 68.0. The van der Waals surface area contributed by atoms with E-state index in [1.165, 1.54) is 6.92 Å². The Morgan fingerprint density at radius 2 is 0.827 bits per heavy atom. The third-order valence-electron chi connectivity index (χ3n) is 11.5. The van der Waals surface area contributed by atoms with Crippen LogP contribution in [-0.2, 0) is 62.3 Å². The monoisotopic (exact) mass is 1070 g/mol. The lowest BCUT2D eigenvalue weighted by atomic mass is 9.96. The number of amides is 10. The molecule has 0 fully saturated rings. The van der Waals surface area contributed by atoms with Crippen LogP contribution in [0.1, 0.15) is 118 Å². The van der Waals surface area contributed by atoms with E-state index < -0.39 is 182 Å². The molecule has 0 saturated carbocycles. The molecule has 0 aromatic carbocycles. The number of primary amides is 2. The van der Waals surface area contributed by atoms with Gasteiger partial charge in [-0.05, 0) is 76.3 Å². The zero-order chi connectivity index (χ0) is 57.5. The summed E-state index contributed by atoms with van der Waals surface area (Å²) in [5.74, 6) is -16.5. The van der Waals surface area contributed by atoms with Crippen LogP contribution in [0.2, 0.25) is 0 Å². The van der Waals surface area contributed by atoms with Crippen molar-refractivity contribution in [3.05, 3.63) is 0 Å². The van der Waals surface area contributed by atoms with Gasteiger partial charge in [0.1, 0.15) is 48.3 Å². The number of aliphatic hydroxyl groups excluding tert-OH is 1. The highest BCUT2D eigenvalue weighted by Crippen LogP contribution is 2.13. The second kappa shape index (κ2) is 36.0. The highest BCUT2D eigenvalue weighted by molar-refractivity contribution is 6.00. The van der Waals surface area contributed by atoms with Gasteiger partial charge in [0.2, 0.25) is 59.1 Å². The summed E-state index contributed by atoms with van der Waals surface area (Å²) in [6.07, 6.45) is -2.37. The smallest absolute Gasteiger partial charge is 0.326 e. The maximum Gasteiger partial charge on any atom is 0.326 e. The number of carbonyl (C=O) groups is 13. The number of nitrogens with two attached hydrogens (primary N) is 5. The van der Waals surface area contributed by atoms with Gasteiger partial charge in [-0.3, -0.25) is 57.5 Å². The van der Waals surface area contributed by atoms with E-state index >= 15 is 0 Å². The quantitative estimate of drug-likeness (QED) is 0.0254. The molecule has 0 aromatic rings. The Labute approximate surface area is 433 Å². The van der Waals surface area contributed by atoms with Gasteiger partial charge in [-0.15, -0.1) is 0 Å². The summed E-state index contributed by atoms with van der Waals surface area (Å²) in [4.78, 5) is 168. The van der Waals surface area contributed by atoms with Gasteiger partial charge in [0.25, 0.3) is 0 Å². The standard InChI is InChI=1S/C45H79N13O17/c1-5-23(4)36(58-42(71)30(20-33(50)61)55-38(67)25(12-14-34(62)63)51-37(66)24(48)10-6-8-16-46)44(73)56-29(19-32(49)60)41(70)52-26(13-15-35(64)65)39(68)54-28(18-22(2)3)40(69)57-31(21-59)43(72)53-27(45(74)75)11-7-9-17-47/h22-31,36,59H,5-21,46-48H2,1-4H3,(H2,49,60)(H2,50,61)(H,51,66)(H,52,70)(H,53,72)(H,54,68)(H,55,67)(H,56,73)(H,57,69)(H,58,71)(H,62,63)(H,64,65)(H,74,75)/t23-,24-,25-,26-,27-,28-,29-,30-,31-,36-/m0/s1. The number of carboxylic acid groups (broad SMARTS) is 3. The van der Waals surface area contributed by atoms with Crippen LogP contribution in [0.25, 0.3) is 0 Å². The Morgan fingerprint density at radius 3 is 1.25 bits per heavy atom. The van der Waals surface area contributed by atoms with Gasteiger partial charge in [-0.2, -0.15) is 0 Å². The van der Waals surface area contributed by atoms with Crippen LogP contribution >= 0.6 is 0 Å². The van der Waals surface area contributed by atoms with Gasteiger partial charge >= 0.3 is 17.9 Å². The van der Waals surface area contributed by atoms with Crippen molar-refractivity contribution in [3.8, 4) is 0 Å². The van der Waals surface area contributed by atoms with E-state index in [0.29, 0.717) is 32.2 Å². The van der Waals surface area contributed by atoms with Crippen molar-refractivity contribution >= 4 is 77.0 Å². The molecule has 0 unspecified atom stereocenters. The molecule has 0 bridgehead atoms. The predicted molar refractivity (Wildman–Crippen MR) is 264 cm³/mol. The minimum atomic E-state index is -1.93. The van der Waals surface area contributed by atoms with E-state index in [1.54, 1.807) is 20.8 Å². The Kier molecular flexibility index (Phi) is 32.6. The van der Waals surface area contributed by atoms with E-state index in [4.69, 9.17) is 28.7 Å². The molecule has 426 valence electrons. The van der Waals surface area contributed by atoms with E-state index in [1.807, 2.05) is 0 Å². The molecule has 75 heavy (non-hydrogen) atoms. The van der Waals surface area contributed by atoms with E-state index in [0.717, 1.165) is 0 Å². The summed E-state index contributed by atoms with van der Waals surface area (Å²) in [5.41, 5.74) is 27.7. The Balaban J connectivity index is 6.68. The Hall–Kier alpha value is -7.05. The number of aliphatic hydroxyl groups is 1. The van der Waals surface area contributed by atoms with Crippen molar-refractivity contribution in [1.82, 2.24) is 42.5 Å². The summed E-state index contributed by atoms with van der Waals surface area (Å²) < 4.78 is 0. The van der Waals surface area contributed by atoms with E-state index in [9.17, 15) is 82.8 Å². The maximum absolute atomic E-state index is 14.0. The van der Waals surface area contributed by atoms with Gasteiger partial charge in [0.15, 0.2) is 0 Å². The lowest BCUT2D eigenvalue weighted by Gasteiger charge is -2.29. The SMILES string of the molecule is CC[C@H](C)[C@H](NC(=O)[C@H](CC(N)=O)NC(=O)[C@H](CCC(=O)O)NC(=O)[C@@H](N)CCCCN)C(=O)N[C@@H](CC(N)=O)C(=O)N[C@@H](CCC(=O)O)C(=O)N[C@@H](CC(C)C)C(=O)N[C@@H](CO)C(=O)N[C@@H](CCCCN)C(=O)O. The van der Waals surface area contributed by atoms with Crippen LogP contribution in [0, 0.1) is 11.8 Å². The number of carboxylic acids is 3. The lowest BCUT2D eigenvalue weighted by Crippen LogP contribution is -2.62. The van der Waals surface area contributed by atoms with E-state index in [2.05, 4.69) is 42.5 Å². The molecule has 0 saturated heterocycles. The Morgan fingerprint density at radius 1 is 0.453 bits per heavy atom. The van der Waals surface area contributed by atoms with Crippen molar-refractivity contribution in [2.45, 2.75) is 172 Å². The van der Waals surface area contributed by atoms with Crippen molar-refractivity contribution < 1.29 is 82.8 Å². The number of aliphatic carboxylic acids is 3. The first-order chi connectivity index (χ1) is 35.1. The number of rotatable bonds is 40. The normalized spacial score (nSPS) is 15.1. The molecule has 22 N–H and O–H groups in total. The van der Waals surface area contributed by atoms with Crippen LogP contribution in [0.15, 0.2) is 0 Å². The predicted octanol–water partition coefficient (Wildman–Crippen LogP) is -5.90. The molecule has 0 aromatic heterocycles. The molecule has 0 radical (unpaired) electrons. The third kappa shape index (κ3) is 27.7. The highest BCUT2D eigenvalue weighted by atomic mass is 16.4. The summed E-state index contributed by atoms with van der Waals surface area (Å²) >= 11 is 0. The molecule has 0 aliphatic rings. The van der Waals surface area contributed by atoms with Crippen molar-refractivity contribution in [2.75, 3.05) is 19.7 Å². The lowest BCUT2D eigenvalue weighted by molar-refractivity contribution is -0.143. The average Bonchev–Trinajstić information content (AvgIpc) is 3.32. The topological polar surface area (TPSA) is 529 Å². The molecule has 10 amide bonds. The number of unbranched alkanes of at least 4 members (excludes halogenated alkanes) is 2. The molecule has 0 heterocycles. The zero-order valence-electron chi connectivity index (χ0n) is 42.9. The van der Waals surface area contributed by atoms with E-state index in [-0.39, 0.29) is 38.1 Å². The summed E-state index contributed by atoms with van der Waals surface area (Å²) in [6.45, 7) is 5.96. The fourth-order valence-electron chi connectivity index (χ4n) is 7.04. The average molecular weight is 1070 g/mol. The molecular formula is C45H79N13O17. The minimum absolute atomic E-state index is 0.0171. The summed E-state index contributed by atoms with van der Waals surface area (Å²) in [6, 6.07) is -14.5. The van der Waals surface area contributed by atoms with Crippen LogP contribution in [-0.4, -0.2) is 171 Å². The minimum Gasteiger partial charge on any atom is -0.481 e. The largest absolute Gasteiger partial charge is 0.481 e. The number of nitrogens with one attached hydrogen (secondary N) is 8. The summed E-state index contributed by atoms with van der Waals surface area (Å²) in [7, 11) is 0. The van der Waals surface area contributed by atoms with Crippen LogP contribution in [0.4, 0.5) is 0 Å². The van der Waals surface area contributed by atoms with Gasteiger partial charge in [-0.25, -0.2) is 4.79 Å². The van der Waals surface area contributed by atoms with Crippen LogP contribution in [0.5, 0.6) is 0 Å². The van der Waals surface area contributed by atoms with Crippen LogP contribution in [0.3, 0.4) is 0 Å². The molecular weight excluding hydrogens is 995 g/mol. The molecule has 10 atom stereocenters. The van der Waals surface area contributed by atoms with Gasteiger partial charge in [0.05, 0.1) is 25.5 Å². The molecule has 0 aliphatic carbocycles. The Bertz CT molecular complexity index is 1980. The molecule has 30 nitrogen and oxygen atoms in total. The maximum atomic E-state index is 14.0. The second-order valence-electron chi connectivity index (χ2n) is 18.3. The fraction of sp³-hybridized carbons (Fsp3) is 0.711. The number of hydrogen-bond donors (Lipinski definition) is 17. The number of hydrogen-bond acceptors (Lipinski definition) is 17. The first-order valence-corrected chi connectivity index (χ1v) is 24.5. The van der Waals surface area contributed by atoms with Crippen molar-refractivity contribution in [2.24, 2.45) is 40.5 Å². The van der Waals surface area contributed by atoms with Gasteiger partial charge in [0, 0.05) is 12.8 Å². The van der Waals surface area contributed by atoms with Gasteiger partial charge < -0.3 is 91.6 Å². The van der Waals surface area contributed by atoms with Crippen LogP contribution < -0.4 is 71.2 Å².